The minimum absolute atomic E-state index is 0.245. The zero-order valence-corrected chi connectivity index (χ0v) is 15.1. The minimum Gasteiger partial charge on any atom is -0.465 e. The third-order valence-electron chi connectivity index (χ3n) is 5.05. The van der Waals surface area contributed by atoms with Gasteiger partial charge >= 0.3 is 0 Å². The van der Waals surface area contributed by atoms with Gasteiger partial charge in [0, 0.05) is 36.6 Å². The summed E-state index contributed by atoms with van der Waals surface area (Å²) >= 11 is 1.75. The van der Waals surface area contributed by atoms with E-state index in [1.54, 1.807) is 11.3 Å². The van der Waals surface area contributed by atoms with Crippen molar-refractivity contribution in [2.45, 2.75) is 26.4 Å². The zero-order chi connectivity index (χ0) is 16.4. The van der Waals surface area contributed by atoms with Crippen molar-refractivity contribution in [3.8, 4) is 0 Å². The maximum atomic E-state index is 5.98. The van der Waals surface area contributed by atoms with Crippen molar-refractivity contribution in [2.75, 3.05) is 39.4 Å². The average Bonchev–Trinajstić information content (AvgIpc) is 3.25. The Hall–Kier alpha value is -1.21. The zero-order valence-electron chi connectivity index (χ0n) is 14.2. The molecule has 2 aromatic rings. The molecule has 2 fully saturated rings. The lowest BCUT2D eigenvalue weighted by Crippen LogP contribution is -2.40. The summed E-state index contributed by atoms with van der Waals surface area (Å²) < 4.78 is 11.7. The summed E-state index contributed by atoms with van der Waals surface area (Å²) in [4.78, 5) is 9.46. The molecule has 0 N–H and O–H groups in total. The van der Waals surface area contributed by atoms with Crippen molar-refractivity contribution in [1.29, 1.82) is 0 Å². The average molecular weight is 347 g/mol. The molecule has 2 saturated heterocycles. The van der Waals surface area contributed by atoms with Crippen molar-refractivity contribution in [3.05, 3.63) is 40.2 Å². The van der Waals surface area contributed by atoms with Crippen molar-refractivity contribution >= 4 is 11.3 Å². The van der Waals surface area contributed by atoms with Crippen LogP contribution < -0.4 is 0 Å². The molecule has 1 atom stereocenters. The summed E-state index contributed by atoms with van der Waals surface area (Å²) in [7, 11) is 0. The normalized spacial score (nSPS) is 26.2. The van der Waals surface area contributed by atoms with Crippen LogP contribution in [0.3, 0.4) is 0 Å². The van der Waals surface area contributed by atoms with E-state index in [0.29, 0.717) is 0 Å². The van der Waals surface area contributed by atoms with E-state index in [-0.39, 0.29) is 5.41 Å². The van der Waals surface area contributed by atoms with Gasteiger partial charge in [-0.2, -0.15) is 0 Å². The molecule has 0 unspecified atom stereocenters. The van der Waals surface area contributed by atoms with E-state index in [2.05, 4.69) is 26.2 Å². The fraction of sp³-hybridized carbons (Fsp3) is 0.611. The van der Waals surface area contributed by atoms with Gasteiger partial charge in [-0.05, 0) is 32.0 Å². The Morgan fingerprint density at radius 3 is 2.83 bits per heavy atom. The maximum Gasteiger partial charge on any atom is 0.118 e. The number of furan rings is 1. The van der Waals surface area contributed by atoms with E-state index < -0.39 is 0 Å². The number of aryl methyl sites for hydroxylation is 1. The van der Waals surface area contributed by atoms with Gasteiger partial charge in [-0.25, -0.2) is 4.98 Å². The smallest absolute Gasteiger partial charge is 0.118 e. The van der Waals surface area contributed by atoms with Crippen LogP contribution in [0, 0.1) is 12.3 Å². The van der Waals surface area contributed by atoms with Crippen molar-refractivity contribution in [1.82, 2.24) is 14.8 Å². The van der Waals surface area contributed by atoms with Gasteiger partial charge < -0.3 is 9.15 Å². The summed E-state index contributed by atoms with van der Waals surface area (Å²) in [6.45, 7) is 9.83. The van der Waals surface area contributed by atoms with Gasteiger partial charge in [-0.15, -0.1) is 11.3 Å². The Balaban J connectivity index is 1.40. The Morgan fingerprint density at radius 2 is 2.08 bits per heavy atom. The first-order chi connectivity index (χ1) is 11.7. The highest BCUT2D eigenvalue weighted by molar-refractivity contribution is 7.09. The molecular weight excluding hydrogens is 322 g/mol. The Bertz CT molecular complexity index is 657. The van der Waals surface area contributed by atoms with Crippen LogP contribution in [-0.2, 0) is 17.8 Å². The summed E-state index contributed by atoms with van der Waals surface area (Å²) in [6, 6.07) is 4.14. The molecule has 6 heteroatoms. The molecule has 1 spiro atoms. The second kappa shape index (κ2) is 6.96. The first kappa shape index (κ1) is 16.3. The van der Waals surface area contributed by atoms with Gasteiger partial charge in [-0.3, -0.25) is 9.80 Å². The predicted molar refractivity (Wildman–Crippen MR) is 94.0 cm³/mol. The molecule has 24 heavy (non-hydrogen) atoms. The minimum atomic E-state index is 0.245. The molecule has 2 aromatic heterocycles. The van der Waals surface area contributed by atoms with Gasteiger partial charge in [-0.1, -0.05) is 0 Å². The number of hydrogen-bond donors (Lipinski definition) is 0. The van der Waals surface area contributed by atoms with E-state index in [1.165, 1.54) is 11.4 Å². The van der Waals surface area contributed by atoms with Crippen molar-refractivity contribution in [2.24, 2.45) is 5.41 Å². The van der Waals surface area contributed by atoms with Crippen LogP contribution in [-0.4, -0.2) is 54.2 Å². The lowest BCUT2D eigenvalue weighted by molar-refractivity contribution is 0.0704. The summed E-state index contributed by atoms with van der Waals surface area (Å²) in [5.74, 6) is 2.04. The molecule has 130 valence electrons. The first-order valence-corrected chi connectivity index (χ1v) is 9.55. The lowest BCUT2D eigenvalue weighted by Gasteiger charge is -2.31. The fourth-order valence-corrected chi connectivity index (χ4v) is 4.60. The van der Waals surface area contributed by atoms with Crippen LogP contribution >= 0.6 is 11.3 Å². The SMILES string of the molecule is Cc1ccc(CN2CCOC[C@@]3(CCN(Cc4nccs4)C3)C2)o1. The second-order valence-corrected chi connectivity index (χ2v) is 8.14. The molecule has 0 aromatic carbocycles. The Labute approximate surface area is 147 Å². The van der Waals surface area contributed by atoms with E-state index in [9.17, 15) is 0 Å². The van der Waals surface area contributed by atoms with E-state index in [4.69, 9.17) is 9.15 Å². The molecule has 0 saturated carbocycles. The summed E-state index contributed by atoms with van der Waals surface area (Å²) in [6.07, 6.45) is 3.10. The third-order valence-corrected chi connectivity index (χ3v) is 5.82. The highest BCUT2D eigenvalue weighted by Crippen LogP contribution is 2.34. The van der Waals surface area contributed by atoms with Crippen LogP contribution in [0.5, 0.6) is 0 Å². The van der Waals surface area contributed by atoms with Gasteiger partial charge in [0.1, 0.15) is 16.5 Å². The monoisotopic (exact) mass is 347 g/mol. The summed E-state index contributed by atoms with van der Waals surface area (Å²) in [5.41, 5.74) is 0.245. The van der Waals surface area contributed by atoms with Gasteiger partial charge in [0.2, 0.25) is 0 Å². The molecular formula is C18H25N3O2S. The Kier molecular flexibility index (Phi) is 4.72. The highest BCUT2D eigenvalue weighted by Gasteiger charge is 2.41. The van der Waals surface area contributed by atoms with Crippen LogP contribution in [0.4, 0.5) is 0 Å². The lowest BCUT2D eigenvalue weighted by atomic mass is 9.87. The number of thiazole rings is 1. The summed E-state index contributed by atoms with van der Waals surface area (Å²) in [5, 5.41) is 3.27. The Morgan fingerprint density at radius 1 is 1.21 bits per heavy atom. The van der Waals surface area contributed by atoms with Gasteiger partial charge in [0.25, 0.3) is 0 Å². The van der Waals surface area contributed by atoms with Crippen LogP contribution in [0.25, 0.3) is 0 Å². The molecule has 5 nitrogen and oxygen atoms in total. The standard InChI is InChI=1S/C18H25N3O2S/c1-15-2-3-16(23-15)10-21-7-8-22-14-18(13-21)4-6-20(12-18)11-17-19-5-9-24-17/h2-3,5,9H,4,6-8,10-14H2,1H3/t18-/m1/s1. The quantitative estimate of drug-likeness (QED) is 0.851. The molecule has 0 aliphatic carbocycles. The highest BCUT2D eigenvalue weighted by atomic mass is 32.1. The van der Waals surface area contributed by atoms with Crippen LogP contribution in [0.15, 0.2) is 28.1 Å². The number of likely N-dealkylation sites (tertiary alicyclic amines) is 1. The molecule has 4 rings (SSSR count). The topological polar surface area (TPSA) is 41.7 Å². The maximum absolute atomic E-state index is 5.98. The van der Waals surface area contributed by atoms with Gasteiger partial charge in [0.15, 0.2) is 0 Å². The molecule has 0 radical (unpaired) electrons. The molecule has 0 amide bonds. The number of hydrogen-bond acceptors (Lipinski definition) is 6. The number of ether oxygens (including phenoxy) is 1. The number of nitrogens with zero attached hydrogens (tertiary/aromatic N) is 3. The van der Waals surface area contributed by atoms with E-state index in [1.807, 2.05) is 19.2 Å². The third kappa shape index (κ3) is 3.72. The molecule has 2 aliphatic rings. The van der Waals surface area contributed by atoms with E-state index in [0.717, 1.165) is 64.0 Å². The largest absolute Gasteiger partial charge is 0.465 e. The van der Waals surface area contributed by atoms with Crippen LogP contribution in [0.1, 0.15) is 22.9 Å². The van der Waals surface area contributed by atoms with Gasteiger partial charge in [0.05, 0.1) is 26.3 Å². The van der Waals surface area contributed by atoms with Crippen molar-refractivity contribution < 1.29 is 9.15 Å². The van der Waals surface area contributed by atoms with Crippen LogP contribution in [0.2, 0.25) is 0 Å². The molecule has 4 heterocycles. The number of rotatable bonds is 4. The molecule has 0 bridgehead atoms. The predicted octanol–water partition coefficient (Wildman–Crippen LogP) is 2.77. The fourth-order valence-electron chi connectivity index (χ4n) is 3.94. The second-order valence-electron chi connectivity index (χ2n) is 7.16. The number of aromatic nitrogens is 1. The van der Waals surface area contributed by atoms with Crippen molar-refractivity contribution in [3.63, 3.8) is 0 Å². The molecule has 2 aliphatic heterocycles. The first-order valence-electron chi connectivity index (χ1n) is 8.67. The van der Waals surface area contributed by atoms with E-state index >= 15 is 0 Å².